The third-order valence-corrected chi connectivity index (χ3v) is 3.77. The standard InChI is InChI=1S/C22H18O3/c23-22(24)19(15-17-9-3-1-4-10-17)16-25-21-14-8-7-13-20(21)18-11-5-2-6-12-18/h1-15H,16H2,(H,23,24). The molecule has 0 heterocycles. The monoisotopic (exact) mass is 330 g/mol. The lowest BCUT2D eigenvalue weighted by Gasteiger charge is -2.12. The molecule has 3 aromatic carbocycles. The molecule has 0 atom stereocenters. The second-order valence-corrected chi connectivity index (χ2v) is 5.54. The molecule has 0 aliphatic heterocycles. The first-order chi connectivity index (χ1) is 12.2. The summed E-state index contributed by atoms with van der Waals surface area (Å²) in [6, 6.07) is 26.9. The Morgan fingerprint density at radius 2 is 1.44 bits per heavy atom. The lowest BCUT2D eigenvalue weighted by Crippen LogP contribution is -2.10. The highest BCUT2D eigenvalue weighted by Gasteiger charge is 2.11. The van der Waals surface area contributed by atoms with Crippen molar-refractivity contribution in [1.29, 1.82) is 0 Å². The fraction of sp³-hybridized carbons (Fsp3) is 0.0455. The van der Waals surface area contributed by atoms with Crippen LogP contribution in [-0.4, -0.2) is 17.7 Å². The van der Waals surface area contributed by atoms with Gasteiger partial charge in [0.1, 0.15) is 12.4 Å². The van der Waals surface area contributed by atoms with E-state index in [4.69, 9.17) is 4.74 Å². The molecule has 3 nitrogen and oxygen atoms in total. The second-order valence-electron chi connectivity index (χ2n) is 5.54. The molecule has 0 spiro atoms. The largest absolute Gasteiger partial charge is 0.488 e. The van der Waals surface area contributed by atoms with Crippen molar-refractivity contribution in [1.82, 2.24) is 0 Å². The van der Waals surface area contributed by atoms with Crippen LogP contribution in [0.3, 0.4) is 0 Å². The Kier molecular flexibility index (Phi) is 5.27. The van der Waals surface area contributed by atoms with Gasteiger partial charge in [0.15, 0.2) is 0 Å². The van der Waals surface area contributed by atoms with E-state index in [2.05, 4.69) is 0 Å². The molecule has 0 aromatic heterocycles. The maximum Gasteiger partial charge on any atom is 0.335 e. The van der Waals surface area contributed by atoms with Crippen LogP contribution >= 0.6 is 0 Å². The summed E-state index contributed by atoms with van der Waals surface area (Å²) < 4.78 is 5.84. The Balaban J connectivity index is 1.83. The Bertz CT molecular complexity index is 868. The number of para-hydroxylation sites is 1. The first-order valence-electron chi connectivity index (χ1n) is 8.00. The normalized spacial score (nSPS) is 11.1. The first-order valence-corrected chi connectivity index (χ1v) is 8.00. The summed E-state index contributed by atoms with van der Waals surface area (Å²) in [5.41, 5.74) is 3.00. The quantitative estimate of drug-likeness (QED) is 0.654. The molecule has 0 radical (unpaired) electrons. The number of aliphatic carboxylic acids is 1. The van der Waals surface area contributed by atoms with Crippen LogP contribution in [0.15, 0.2) is 90.5 Å². The molecule has 0 aliphatic rings. The minimum atomic E-state index is -0.985. The van der Waals surface area contributed by atoms with Gasteiger partial charge in [0.2, 0.25) is 0 Å². The van der Waals surface area contributed by atoms with E-state index in [1.807, 2.05) is 84.9 Å². The van der Waals surface area contributed by atoms with Gasteiger partial charge in [0.25, 0.3) is 0 Å². The minimum absolute atomic E-state index is 0.00588. The molecule has 3 aromatic rings. The van der Waals surface area contributed by atoms with Gasteiger partial charge >= 0.3 is 5.97 Å². The number of hydrogen-bond donors (Lipinski definition) is 1. The van der Waals surface area contributed by atoms with Gasteiger partial charge in [-0.3, -0.25) is 0 Å². The highest BCUT2D eigenvalue weighted by atomic mass is 16.5. The van der Waals surface area contributed by atoms with Crippen LogP contribution in [0.5, 0.6) is 5.75 Å². The zero-order valence-corrected chi connectivity index (χ0v) is 13.6. The van der Waals surface area contributed by atoms with Gasteiger partial charge in [-0.05, 0) is 23.3 Å². The average molecular weight is 330 g/mol. The lowest BCUT2D eigenvalue weighted by molar-refractivity contribution is -0.132. The molecular formula is C22H18O3. The summed E-state index contributed by atoms with van der Waals surface area (Å²) in [6.45, 7) is -0.00588. The van der Waals surface area contributed by atoms with E-state index < -0.39 is 5.97 Å². The van der Waals surface area contributed by atoms with Crippen molar-refractivity contribution in [2.24, 2.45) is 0 Å². The second kappa shape index (κ2) is 7.97. The number of carboxylic acids is 1. The summed E-state index contributed by atoms with van der Waals surface area (Å²) >= 11 is 0. The molecule has 1 N–H and O–H groups in total. The minimum Gasteiger partial charge on any atom is -0.488 e. The summed E-state index contributed by atoms with van der Waals surface area (Å²) in [4.78, 5) is 11.5. The number of rotatable bonds is 6. The van der Waals surface area contributed by atoms with Crippen LogP contribution in [0.25, 0.3) is 17.2 Å². The van der Waals surface area contributed by atoms with Crippen molar-refractivity contribution >= 4 is 12.0 Å². The van der Waals surface area contributed by atoms with E-state index in [-0.39, 0.29) is 12.2 Å². The van der Waals surface area contributed by atoms with Gasteiger partial charge in [0, 0.05) is 5.56 Å². The summed E-state index contributed by atoms with van der Waals surface area (Å²) in [6.07, 6.45) is 1.63. The van der Waals surface area contributed by atoms with Crippen LogP contribution in [0, 0.1) is 0 Å². The fourth-order valence-corrected chi connectivity index (χ4v) is 2.52. The summed E-state index contributed by atoms with van der Waals surface area (Å²) in [7, 11) is 0. The third kappa shape index (κ3) is 4.36. The number of carbonyl (C=O) groups is 1. The van der Waals surface area contributed by atoms with Crippen LogP contribution in [0.1, 0.15) is 5.56 Å². The maximum absolute atomic E-state index is 11.5. The number of hydrogen-bond acceptors (Lipinski definition) is 2. The van der Waals surface area contributed by atoms with Gasteiger partial charge in [-0.1, -0.05) is 78.9 Å². The topological polar surface area (TPSA) is 46.5 Å². The number of ether oxygens (including phenoxy) is 1. The maximum atomic E-state index is 11.5. The van der Waals surface area contributed by atoms with E-state index in [0.29, 0.717) is 5.75 Å². The molecule has 0 fully saturated rings. The van der Waals surface area contributed by atoms with Gasteiger partial charge in [-0.2, -0.15) is 0 Å². The van der Waals surface area contributed by atoms with Crippen molar-refractivity contribution in [3.8, 4) is 16.9 Å². The van der Waals surface area contributed by atoms with Crippen molar-refractivity contribution in [2.45, 2.75) is 0 Å². The van der Waals surface area contributed by atoms with Gasteiger partial charge in [-0.15, -0.1) is 0 Å². The van der Waals surface area contributed by atoms with E-state index >= 15 is 0 Å². The molecule has 0 amide bonds. The van der Waals surface area contributed by atoms with Gasteiger partial charge < -0.3 is 9.84 Å². The molecular weight excluding hydrogens is 312 g/mol. The Morgan fingerprint density at radius 1 is 0.840 bits per heavy atom. The highest BCUT2D eigenvalue weighted by Crippen LogP contribution is 2.29. The van der Waals surface area contributed by atoms with Gasteiger partial charge in [0.05, 0.1) is 5.57 Å². The Labute approximate surface area is 146 Å². The van der Waals surface area contributed by atoms with Crippen molar-refractivity contribution in [2.75, 3.05) is 6.61 Å². The van der Waals surface area contributed by atoms with Crippen molar-refractivity contribution in [3.63, 3.8) is 0 Å². The van der Waals surface area contributed by atoms with Crippen molar-refractivity contribution < 1.29 is 14.6 Å². The average Bonchev–Trinajstić information content (AvgIpc) is 2.66. The highest BCUT2D eigenvalue weighted by molar-refractivity contribution is 5.92. The van der Waals surface area contributed by atoms with Crippen LogP contribution in [0.4, 0.5) is 0 Å². The molecule has 0 saturated carbocycles. The van der Waals surface area contributed by atoms with E-state index in [1.54, 1.807) is 6.08 Å². The molecule has 0 aliphatic carbocycles. The summed E-state index contributed by atoms with van der Waals surface area (Å²) in [5, 5.41) is 9.45. The van der Waals surface area contributed by atoms with Crippen LogP contribution < -0.4 is 4.74 Å². The smallest absolute Gasteiger partial charge is 0.335 e. The predicted octanol–water partition coefficient (Wildman–Crippen LogP) is 4.90. The number of carboxylic acid groups (broad SMARTS) is 1. The molecule has 0 bridgehead atoms. The zero-order chi connectivity index (χ0) is 17.5. The van der Waals surface area contributed by atoms with E-state index in [0.717, 1.165) is 16.7 Å². The molecule has 3 heteroatoms. The van der Waals surface area contributed by atoms with E-state index in [1.165, 1.54) is 0 Å². The number of benzene rings is 3. The van der Waals surface area contributed by atoms with Crippen molar-refractivity contribution in [3.05, 3.63) is 96.1 Å². The SMILES string of the molecule is O=C(O)C(=Cc1ccccc1)COc1ccccc1-c1ccccc1. The van der Waals surface area contributed by atoms with Crippen LogP contribution in [0.2, 0.25) is 0 Å². The Morgan fingerprint density at radius 3 is 2.12 bits per heavy atom. The zero-order valence-electron chi connectivity index (χ0n) is 13.6. The first kappa shape index (κ1) is 16.5. The molecule has 3 rings (SSSR count). The van der Waals surface area contributed by atoms with E-state index in [9.17, 15) is 9.90 Å². The fourth-order valence-electron chi connectivity index (χ4n) is 2.52. The molecule has 0 saturated heterocycles. The predicted molar refractivity (Wildman–Crippen MR) is 99.4 cm³/mol. The molecule has 25 heavy (non-hydrogen) atoms. The Hall–Kier alpha value is -3.33. The third-order valence-electron chi connectivity index (χ3n) is 3.77. The van der Waals surface area contributed by atoms with Crippen LogP contribution in [-0.2, 0) is 4.79 Å². The summed E-state index contributed by atoms with van der Waals surface area (Å²) in [5.74, 6) is -0.324. The molecule has 124 valence electrons. The van der Waals surface area contributed by atoms with Gasteiger partial charge in [-0.25, -0.2) is 4.79 Å². The molecule has 0 unspecified atom stereocenters. The lowest BCUT2D eigenvalue weighted by atomic mass is 10.0.